The van der Waals surface area contributed by atoms with Crippen molar-refractivity contribution in [2.24, 2.45) is 16.8 Å². The maximum absolute atomic E-state index is 12.5. The minimum atomic E-state index is -0.531. The van der Waals surface area contributed by atoms with Crippen LogP contribution in [0.2, 0.25) is 0 Å². The minimum absolute atomic E-state index is 0.00218. The van der Waals surface area contributed by atoms with Crippen molar-refractivity contribution < 1.29 is 14.7 Å². The second-order valence-corrected chi connectivity index (χ2v) is 4.88. The van der Waals surface area contributed by atoms with Gasteiger partial charge in [-0.1, -0.05) is 18.5 Å². The van der Waals surface area contributed by atoms with Crippen molar-refractivity contribution >= 4 is 11.7 Å². The molecule has 1 aliphatic heterocycles. The number of carbonyl (C=O) groups is 1. The standard InChI is InChI=1S/C13H25N3O3/c1-3-6-11(12(14)15-18)13(17)16(4-2)9-10-7-5-8-19-10/h10-11,18H,3-9H2,1-2H3,(H2,14,15). The molecule has 1 rings (SSSR count). The van der Waals surface area contributed by atoms with Gasteiger partial charge in [0.1, 0.15) is 0 Å². The van der Waals surface area contributed by atoms with Crippen LogP contribution in [-0.4, -0.2) is 47.7 Å². The number of hydrogen-bond acceptors (Lipinski definition) is 4. The Hall–Kier alpha value is -1.30. The van der Waals surface area contributed by atoms with Crippen molar-refractivity contribution in [1.29, 1.82) is 0 Å². The van der Waals surface area contributed by atoms with Gasteiger partial charge in [-0.2, -0.15) is 0 Å². The zero-order valence-corrected chi connectivity index (χ0v) is 11.8. The highest BCUT2D eigenvalue weighted by atomic mass is 16.5. The van der Waals surface area contributed by atoms with Gasteiger partial charge >= 0.3 is 0 Å². The first-order valence-electron chi connectivity index (χ1n) is 7.01. The van der Waals surface area contributed by atoms with E-state index in [9.17, 15) is 4.79 Å². The molecule has 3 N–H and O–H groups in total. The van der Waals surface area contributed by atoms with E-state index in [1.165, 1.54) is 0 Å². The van der Waals surface area contributed by atoms with E-state index in [0.717, 1.165) is 25.9 Å². The molecule has 1 amide bonds. The van der Waals surface area contributed by atoms with Gasteiger partial charge in [0.25, 0.3) is 0 Å². The number of hydrogen-bond donors (Lipinski definition) is 2. The first-order valence-corrected chi connectivity index (χ1v) is 7.01. The molecular formula is C13H25N3O3. The first kappa shape index (κ1) is 15.8. The molecule has 0 aliphatic carbocycles. The molecule has 1 saturated heterocycles. The monoisotopic (exact) mass is 271 g/mol. The van der Waals surface area contributed by atoms with Gasteiger partial charge in [0.05, 0.1) is 12.0 Å². The molecule has 0 aromatic carbocycles. The molecule has 1 aliphatic rings. The number of amidine groups is 1. The molecule has 0 bridgehead atoms. The molecule has 0 saturated carbocycles. The number of nitrogens with zero attached hydrogens (tertiary/aromatic N) is 2. The fourth-order valence-corrected chi connectivity index (χ4v) is 2.39. The van der Waals surface area contributed by atoms with Crippen LogP contribution >= 0.6 is 0 Å². The average Bonchev–Trinajstić information content (AvgIpc) is 2.93. The summed E-state index contributed by atoms with van der Waals surface area (Å²) >= 11 is 0. The highest BCUT2D eigenvalue weighted by Crippen LogP contribution is 2.16. The summed E-state index contributed by atoms with van der Waals surface area (Å²) in [4.78, 5) is 14.2. The van der Waals surface area contributed by atoms with Crippen LogP contribution in [0.25, 0.3) is 0 Å². The predicted molar refractivity (Wildman–Crippen MR) is 73.0 cm³/mol. The fourth-order valence-electron chi connectivity index (χ4n) is 2.39. The lowest BCUT2D eigenvalue weighted by molar-refractivity contribution is -0.135. The van der Waals surface area contributed by atoms with Gasteiger partial charge in [0, 0.05) is 19.7 Å². The fraction of sp³-hybridized carbons (Fsp3) is 0.846. The van der Waals surface area contributed by atoms with Crippen molar-refractivity contribution in [2.45, 2.75) is 45.6 Å². The van der Waals surface area contributed by atoms with E-state index in [2.05, 4.69) is 5.16 Å². The van der Waals surface area contributed by atoms with E-state index in [1.807, 2.05) is 13.8 Å². The van der Waals surface area contributed by atoms with Gasteiger partial charge in [0.2, 0.25) is 5.91 Å². The third-order valence-corrected chi connectivity index (χ3v) is 3.49. The SMILES string of the molecule is CCCC(C(=O)N(CC)CC1CCCO1)C(N)=NO. The number of likely N-dealkylation sites (N-methyl/N-ethyl adjacent to an activating group) is 1. The van der Waals surface area contributed by atoms with Crippen LogP contribution in [0.1, 0.15) is 39.5 Å². The van der Waals surface area contributed by atoms with E-state index in [1.54, 1.807) is 4.90 Å². The predicted octanol–water partition coefficient (Wildman–Crippen LogP) is 1.18. The number of ether oxygens (including phenoxy) is 1. The van der Waals surface area contributed by atoms with E-state index < -0.39 is 5.92 Å². The molecule has 2 unspecified atom stereocenters. The van der Waals surface area contributed by atoms with Crippen LogP contribution in [0.3, 0.4) is 0 Å². The number of carbonyl (C=O) groups excluding carboxylic acids is 1. The second kappa shape index (κ2) is 7.99. The minimum Gasteiger partial charge on any atom is -0.409 e. The molecule has 6 nitrogen and oxygen atoms in total. The summed E-state index contributed by atoms with van der Waals surface area (Å²) in [6.07, 6.45) is 3.57. The molecular weight excluding hydrogens is 246 g/mol. The molecule has 0 aromatic heterocycles. The van der Waals surface area contributed by atoms with Crippen molar-refractivity contribution in [3.05, 3.63) is 0 Å². The summed E-state index contributed by atoms with van der Waals surface area (Å²) in [5.41, 5.74) is 5.63. The second-order valence-electron chi connectivity index (χ2n) is 4.88. The zero-order valence-electron chi connectivity index (χ0n) is 11.8. The summed E-state index contributed by atoms with van der Waals surface area (Å²) in [5, 5.41) is 11.8. The van der Waals surface area contributed by atoms with Crippen molar-refractivity contribution in [2.75, 3.05) is 19.7 Å². The average molecular weight is 271 g/mol. The Bertz CT molecular complexity index is 314. The van der Waals surface area contributed by atoms with E-state index >= 15 is 0 Å². The van der Waals surface area contributed by atoms with Crippen LogP contribution in [0.5, 0.6) is 0 Å². The van der Waals surface area contributed by atoms with Crippen molar-refractivity contribution in [1.82, 2.24) is 4.90 Å². The van der Waals surface area contributed by atoms with Crippen LogP contribution < -0.4 is 5.73 Å². The van der Waals surface area contributed by atoms with Crippen molar-refractivity contribution in [3.63, 3.8) is 0 Å². The maximum atomic E-state index is 12.5. The summed E-state index contributed by atoms with van der Waals surface area (Å²) < 4.78 is 5.56. The summed E-state index contributed by atoms with van der Waals surface area (Å²) in [5.74, 6) is -0.607. The molecule has 1 heterocycles. The molecule has 110 valence electrons. The summed E-state index contributed by atoms with van der Waals surface area (Å²) in [7, 11) is 0. The lowest BCUT2D eigenvalue weighted by atomic mass is 10.0. The molecule has 0 aromatic rings. The number of amides is 1. The van der Waals surface area contributed by atoms with Gasteiger partial charge < -0.3 is 20.6 Å². The van der Waals surface area contributed by atoms with Gasteiger partial charge in [-0.05, 0) is 26.2 Å². The van der Waals surface area contributed by atoms with Crippen LogP contribution in [-0.2, 0) is 9.53 Å². The number of rotatable bonds is 7. The molecule has 0 spiro atoms. The van der Waals surface area contributed by atoms with E-state index in [-0.39, 0.29) is 17.8 Å². The van der Waals surface area contributed by atoms with Gasteiger partial charge in [-0.25, -0.2) is 0 Å². The van der Waals surface area contributed by atoms with Gasteiger partial charge in [-0.15, -0.1) is 0 Å². The van der Waals surface area contributed by atoms with Gasteiger partial charge in [0.15, 0.2) is 5.84 Å². The van der Waals surface area contributed by atoms with Crippen LogP contribution in [0, 0.1) is 5.92 Å². The highest BCUT2D eigenvalue weighted by molar-refractivity contribution is 6.02. The van der Waals surface area contributed by atoms with Crippen molar-refractivity contribution in [3.8, 4) is 0 Å². The van der Waals surface area contributed by atoms with E-state index in [0.29, 0.717) is 19.5 Å². The Kier molecular flexibility index (Phi) is 6.62. The summed E-state index contributed by atoms with van der Waals surface area (Å²) in [6, 6.07) is 0. The molecule has 0 radical (unpaired) electrons. The smallest absolute Gasteiger partial charge is 0.233 e. The van der Waals surface area contributed by atoms with E-state index in [4.69, 9.17) is 15.7 Å². The van der Waals surface area contributed by atoms with Gasteiger partial charge in [-0.3, -0.25) is 4.79 Å². The topological polar surface area (TPSA) is 88.2 Å². The molecule has 2 atom stereocenters. The van der Waals surface area contributed by atoms with Crippen LogP contribution in [0.15, 0.2) is 5.16 Å². The number of oxime groups is 1. The van der Waals surface area contributed by atoms with Crippen LogP contribution in [0.4, 0.5) is 0 Å². The lowest BCUT2D eigenvalue weighted by Gasteiger charge is -2.27. The summed E-state index contributed by atoms with van der Waals surface area (Å²) in [6.45, 7) is 5.88. The first-order chi connectivity index (χ1) is 9.13. The third-order valence-electron chi connectivity index (χ3n) is 3.49. The lowest BCUT2D eigenvalue weighted by Crippen LogP contribution is -2.44. The quantitative estimate of drug-likeness (QED) is 0.315. The highest BCUT2D eigenvalue weighted by Gasteiger charge is 2.29. The third kappa shape index (κ3) is 4.38. The molecule has 6 heteroatoms. The Morgan fingerprint density at radius 1 is 1.58 bits per heavy atom. The zero-order chi connectivity index (χ0) is 14.3. The largest absolute Gasteiger partial charge is 0.409 e. The number of nitrogens with two attached hydrogens (primary N) is 1. The molecule has 19 heavy (non-hydrogen) atoms. The Morgan fingerprint density at radius 2 is 2.32 bits per heavy atom. The normalized spacial score (nSPS) is 21.4. The Balaban J connectivity index is 2.67. The Morgan fingerprint density at radius 3 is 2.79 bits per heavy atom. The molecule has 1 fully saturated rings. The maximum Gasteiger partial charge on any atom is 0.233 e. The Labute approximate surface area is 114 Å².